The lowest BCUT2D eigenvalue weighted by atomic mass is 9.92. The molecule has 118 valence electrons. The molecular weight excluding hydrogens is 294 g/mol. The zero-order chi connectivity index (χ0) is 16.4. The molecule has 0 saturated heterocycles. The van der Waals surface area contributed by atoms with E-state index in [1.165, 1.54) is 14.2 Å². The molecule has 0 saturated carbocycles. The minimum atomic E-state index is -0.757. The first kappa shape index (κ1) is 15.2. The van der Waals surface area contributed by atoms with Crippen LogP contribution < -0.4 is 9.47 Å². The van der Waals surface area contributed by atoms with Crippen molar-refractivity contribution in [2.24, 2.45) is 4.99 Å². The normalized spacial score (nSPS) is 16.6. The first-order valence-corrected chi connectivity index (χ1v) is 7.16. The summed E-state index contributed by atoms with van der Waals surface area (Å²) in [5, 5.41) is 0. The number of ether oxygens (including phenoxy) is 3. The largest absolute Gasteiger partial charge is 0.497 e. The summed E-state index contributed by atoms with van der Waals surface area (Å²) in [6.07, 6.45) is -0.757. The van der Waals surface area contributed by atoms with Crippen LogP contribution >= 0.6 is 0 Å². The van der Waals surface area contributed by atoms with E-state index >= 15 is 0 Å². The molecule has 0 aromatic heterocycles. The van der Waals surface area contributed by atoms with E-state index in [-0.39, 0.29) is 5.78 Å². The highest BCUT2D eigenvalue weighted by molar-refractivity contribution is 6.26. The number of fused-ring (bicyclic) bond motifs is 1. The zero-order valence-corrected chi connectivity index (χ0v) is 13.2. The lowest BCUT2D eigenvalue weighted by Crippen LogP contribution is -2.35. The smallest absolute Gasteiger partial charge is 0.203 e. The predicted molar refractivity (Wildman–Crippen MR) is 87.3 cm³/mol. The third-order valence-corrected chi connectivity index (χ3v) is 3.79. The van der Waals surface area contributed by atoms with Crippen LogP contribution in [0, 0.1) is 0 Å². The summed E-state index contributed by atoms with van der Waals surface area (Å²) in [7, 11) is 4.58. The molecule has 1 heterocycles. The Labute approximate surface area is 134 Å². The number of carbonyl (C=O) groups is 1. The summed E-state index contributed by atoms with van der Waals surface area (Å²) in [6.45, 7) is 0. The van der Waals surface area contributed by atoms with E-state index in [1.54, 1.807) is 19.2 Å². The number of aliphatic imine (C=N–C) groups is 1. The minimum Gasteiger partial charge on any atom is -0.497 e. The van der Waals surface area contributed by atoms with E-state index in [9.17, 15) is 4.79 Å². The molecular formula is C18H17NO4. The number of hydrogen-bond donors (Lipinski definition) is 0. The molecule has 0 N–H and O–H groups in total. The van der Waals surface area contributed by atoms with Gasteiger partial charge in [-0.2, -0.15) is 0 Å². The number of Topliss-reactive ketones (excluding diaryl/α,β-unsaturated/α-hetero) is 1. The molecule has 5 nitrogen and oxygen atoms in total. The van der Waals surface area contributed by atoms with Gasteiger partial charge < -0.3 is 14.2 Å². The number of hydrogen-bond acceptors (Lipinski definition) is 5. The summed E-state index contributed by atoms with van der Waals surface area (Å²) >= 11 is 0. The fraction of sp³-hybridized carbons (Fsp3) is 0.222. The van der Waals surface area contributed by atoms with Crippen LogP contribution in [0.1, 0.15) is 15.9 Å². The lowest BCUT2D eigenvalue weighted by molar-refractivity contribution is 0.0751. The van der Waals surface area contributed by atoms with Crippen molar-refractivity contribution in [3.05, 3.63) is 53.6 Å². The number of rotatable bonds is 4. The first-order chi connectivity index (χ1) is 11.2. The van der Waals surface area contributed by atoms with Crippen molar-refractivity contribution < 1.29 is 19.0 Å². The van der Waals surface area contributed by atoms with E-state index in [0.29, 0.717) is 28.5 Å². The van der Waals surface area contributed by atoms with Crippen molar-refractivity contribution in [3.8, 4) is 11.5 Å². The molecule has 2 aromatic rings. The van der Waals surface area contributed by atoms with Crippen LogP contribution in [0.4, 0.5) is 5.69 Å². The standard InChI is InChI=1S/C18H17NO4/c1-21-12-9-13-15(14(10-12)22-2)17(20)18(23-3)16(19-13)11-7-5-4-6-8-11/h4-10,18H,1-3H3. The van der Waals surface area contributed by atoms with Crippen molar-refractivity contribution in [2.45, 2.75) is 6.10 Å². The summed E-state index contributed by atoms with van der Waals surface area (Å²) in [6, 6.07) is 12.9. The number of ketones is 1. The summed E-state index contributed by atoms with van der Waals surface area (Å²) < 4.78 is 16.0. The maximum Gasteiger partial charge on any atom is 0.203 e. The number of nitrogens with zero attached hydrogens (tertiary/aromatic N) is 1. The molecule has 3 rings (SSSR count). The van der Waals surface area contributed by atoms with Gasteiger partial charge in [-0.25, -0.2) is 4.99 Å². The topological polar surface area (TPSA) is 57.1 Å². The van der Waals surface area contributed by atoms with Crippen LogP contribution in [0.3, 0.4) is 0 Å². The highest BCUT2D eigenvalue weighted by atomic mass is 16.5. The van der Waals surface area contributed by atoms with Crippen LogP contribution in [-0.2, 0) is 4.74 Å². The van der Waals surface area contributed by atoms with Gasteiger partial charge in [-0.3, -0.25) is 4.79 Å². The second-order valence-corrected chi connectivity index (χ2v) is 5.07. The molecule has 0 spiro atoms. The molecule has 0 aliphatic carbocycles. The van der Waals surface area contributed by atoms with Gasteiger partial charge in [0.2, 0.25) is 5.78 Å². The van der Waals surface area contributed by atoms with Crippen molar-refractivity contribution in [1.29, 1.82) is 0 Å². The van der Waals surface area contributed by atoms with Crippen LogP contribution in [-0.4, -0.2) is 38.9 Å². The Morgan fingerprint density at radius 3 is 2.35 bits per heavy atom. The average Bonchev–Trinajstić information content (AvgIpc) is 2.61. The van der Waals surface area contributed by atoms with Crippen molar-refractivity contribution in [3.63, 3.8) is 0 Å². The molecule has 1 unspecified atom stereocenters. The van der Waals surface area contributed by atoms with E-state index < -0.39 is 6.10 Å². The van der Waals surface area contributed by atoms with Crippen molar-refractivity contribution >= 4 is 17.2 Å². The second kappa shape index (κ2) is 6.22. The van der Waals surface area contributed by atoms with Gasteiger partial charge in [-0.05, 0) is 5.56 Å². The highest BCUT2D eigenvalue weighted by Gasteiger charge is 2.35. The van der Waals surface area contributed by atoms with Crippen LogP contribution in [0.5, 0.6) is 11.5 Å². The fourth-order valence-electron chi connectivity index (χ4n) is 2.68. The van der Waals surface area contributed by atoms with E-state index in [0.717, 1.165) is 5.56 Å². The molecule has 2 aromatic carbocycles. The molecule has 0 amide bonds. The van der Waals surface area contributed by atoms with Crippen LogP contribution in [0.2, 0.25) is 0 Å². The molecule has 1 aliphatic heterocycles. The maximum atomic E-state index is 12.9. The fourth-order valence-corrected chi connectivity index (χ4v) is 2.68. The zero-order valence-electron chi connectivity index (χ0n) is 13.2. The van der Waals surface area contributed by atoms with E-state index in [2.05, 4.69) is 4.99 Å². The predicted octanol–water partition coefficient (Wildman–Crippen LogP) is 3.04. The second-order valence-electron chi connectivity index (χ2n) is 5.07. The van der Waals surface area contributed by atoms with Gasteiger partial charge in [0.05, 0.1) is 31.2 Å². The quantitative estimate of drug-likeness (QED) is 0.871. The van der Waals surface area contributed by atoms with Gasteiger partial charge in [0.1, 0.15) is 11.5 Å². The van der Waals surface area contributed by atoms with E-state index in [4.69, 9.17) is 14.2 Å². The average molecular weight is 311 g/mol. The molecule has 5 heteroatoms. The summed E-state index contributed by atoms with van der Waals surface area (Å²) in [5.41, 5.74) is 2.37. The molecule has 23 heavy (non-hydrogen) atoms. The maximum absolute atomic E-state index is 12.9. The third-order valence-electron chi connectivity index (χ3n) is 3.79. The Hall–Kier alpha value is -2.66. The molecule has 1 aliphatic rings. The molecule has 0 bridgehead atoms. The molecule has 0 radical (unpaired) electrons. The SMILES string of the molecule is COc1cc2c(c(OC)c1)C(=O)C(OC)C(c1ccccc1)=N2. The Morgan fingerprint density at radius 2 is 1.74 bits per heavy atom. The third kappa shape index (κ3) is 2.59. The number of benzene rings is 2. The minimum absolute atomic E-state index is 0.171. The monoisotopic (exact) mass is 311 g/mol. The Balaban J connectivity index is 2.23. The van der Waals surface area contributed by atoms with Crippen LogP contribution in [0.25, 0.3) is 0 Å². The van der Waals surface area contributed by atoms with Crippen molar-refractivity contribution in [2.75, 3.05) is 21.3 Å². The Kier molecular flexibility index (Phi) is 4.12. The Morgan fingerprint density at radius 1 is 1.00 bits per heavy atom. The number of carbonyl (C=O) groups excluding carboxylic acids is 1. The highest BCUT2D eigenvalue weighted by Crippen LogP contribution is 2.39. The summed E-state index contributed by atoms with van der Waals surface area (Å²) in [5.74, 6) is 0.846. The van der Waals surface area contributed by atoms with Gasteiger partial charge >= 0.3 is 0 Å². The molecule has 1 atom stereocenters. The van der Waals surface area contributed by atoms with Gasteiger partial charge in [0.25, 0.3) is 0 Å². The van der Waals surface area contributed by atoms with Gasteiger partial charge in [-0.1, -0.05) is 30.3 Å². The Bertz CT molecular complexity index is 768. The lowest BCUT2D eigenvalue weighted by Gasteiger charge is -2.24. The van der Waals surface area contributed by atoms with E-state index in [1.807, 2.05) is 30.3 Å². The summed E-state index contributed by atoms with van der Waals surface area (Å²) in [4.78, 5) is 17.5. The molecule has 0 fully saturated rings. The number of methoxy groups -OCH3 is 3. The van der Waals surface area contributed by atoms with Crippen molar-refractivity contribution in [1.82, 2.24) is 0 Å². The first-order valence-electron chi connectivity index (χ1n) is 7.16. The van der Waals surface area contributed by atoms with Gasteiger partial charge in [0.15, 0.2) is 6.10 Å². The van der Waals surface area contributed by atoms with Crippen LogP contribution in [0.15, 0.2) is 47.5 Å². The van der Waals surface area contributed by atoms with Gasteiger partial charge in [0, 0.05) is 19.2 Å². The van der Waals surface area contributed by atoms with Gasteiger partial charge in [-0.15, -0.1) is 0 Å².